The maximum atomic E-state index is 12.2. The zero-order valence-corrected chi connectivity index (χ0v) is 16.8. The van der Waals surface area contributed by atoms with Crippen molar-refractivity contribution in [2.24, 2.45) is 11.7 Å². The van der Waals surface area contributed by atoms with Crippen molar-refractivity contribution >= 4 is 23.8 Å². The number of nitrogens with zero attached hydrogens (tertiary/aromatic N) is 1. The van der Waals surface area contributed by atoms with Crippen molar-refractivity contribution in [2.45, 2.75) is 38.8 Å². The molecule has 6 nitrogen and oxygen atoms in total. The molecule has 1 aromatic carbocycles. The number of piperidine rings is 1. The lowest BCUT2D eigenvalue weighted by molar-refractivity contribution is -0.144. The highest BCUT2D eigenvalue weighted by Crippen LogP contribution is 2.23. The second-order valence-corrected chi connectivity index (χ2v) is 7.84. The quantitative estimate of drug-likeness (QED) is 0.512. The number of esters is 1. The molecule has 0 unspecified atom stereocenters. The van der Waals surface area contributed by atoms with E-state index in [1.807, 2.05) is 30.3 Å². The molecule has 0 bridgehead atoms. The number of hydrogen-bond donors (Lipinski definition) is 1. The summed E-state index contributed by atoms with van der Waals surface area (Å²) in [5, 5.41) is 0. The molecule has 1 aliphatic heterocycles. The molecule has 0 aliphatic carbocycles. The Kier molecular flexibility index (Phi) is 9.48. The molecule has 0 radical (unpaired) electrons. The molecule has 27 heavy (non-hydrogen) atoms. The lowest BCUT2D eigenvalue weighted by atomic mass is 9.95. The molecule has 1 atom stereocenters. The van der Waals surface area contributed by atoms with Crippen LogP contribution in [-0.4, -0.2) is 54.2 Å². The SMILES string of the molecule is CCOC(=O)[C@@H](N)CSCCC1CCN(C(=O)OCc2ccccc2)CC1. The van der Waals surface area contributed by atoms with Gasteiger partial charge in [-0.25, -0.2) is 4.79 Å². The average Bonchev–Trinajstić information content (AvgIpc) is 2.70. The van der Waals surface area contributed by atoms with Gasteiger partial charge in [0.15, 0.2) is 0 Å². The van der Waals surface area contributed by atoms with E-state index in [4.69, 9.17) is 15.2 Å². The Morgan fingerprint density at radius 2 is 1.93 bits per heavy atom. The molecule has 1 aromatic rings. The number of benzene rings is 1. The number of amides is 1. The average molecular weight is 395 g/mol. The van der Waals surface area contributed by atoms with Gasteiger partial charge in [0.2, 0.25) is 0 Å². The highest BCUT2D eigenvalue weighted by atomic mass is 32.2. The van der Waals surface area contributed by atoms with Gasteiger partial charge in [0.25, 0.3) is 0 Å². The molecule has 1 amide bonds. The van der Waals surface area contributed by atoms with Crippen LogP contribution in [0.3, 0.4) is 0 Å². The maximum absolute atomic E-state index is 12.2. The van der Waals surface area contributed by atoms with E-state index in [2.05, 4.69) is 0 Å². The Morgan fingerprint density at radius 3 is 2.59 bits per heavy atom. The monoisotopic (exact) mass is 394 g/mol. The molecule has 2 N–H and O–H groups in total. The normalized spacial score (nSPS) is 16.0. The second-order valence-electron chi connectivity index (χ2n) is 6.69. The molecule has 1 aliphatic rings. The summed E-state index contributed by atoms with van der Waals surface area (Å²) in [4.78, 5) is 25.4. The number of ether oxygens (including phenoxy) is 2. The van der Waals surface area contributed by atoms with Gasteiger partial charge in [-0.1, -0.05) is 30.3 Å². The van der Waals surface area contributed by atoms with Crippen LogP contribution in [-0.2, 0) is 20.9 Å². The van der Waals surface area contributed by atoms with Gasteiger partial charge in [-0.2, -0.15) is 11.8 Å². The highest BCUT2D eigenvalue weighted by molar-refractivity contribution is 7.99. The largest absolute Gasteiger partial charge is 0.465 e. The third kappa shape index (κ3) is 7.81. The number of carbonyl (C=O) groups is 2. The summed E-state index contributed by atoms with van der Waals surface area (Å²) in [6.45, 7) is 3.94. The molecule has 1 heterocycles. The van der Waals surface area contributed by atoms with Crippen molar-refractivity contribution in [3.63, 3.8) is 0 Å². The van der Waals surface area contributed by atoms with E-state index in [0.717, 1.165) is 43.7 Å². The fraction of sp³-hybridized carbons (Fsp3) is 0.600. The molecular formula is C20H30N2O4S. The van der Waals surface area contributed by atoms with Crippen molar-refractivity contribution in [3.05, 3.63) is 35.9 Å². The first-order chi connectivity index (χ1) is 13.1. The molecule has 7 heteroatoms. The number of nitrogens with two attached hydrogens (primary N) is 1. The van der Waals surface area contributed by atoms with E-state index < -0.39 is 6.04 Å². The molecule has 150 valence electrons. The Labute approximate surface area is 165 Å². The van der Waals surface area contributed by atoms with Crippen LogP contribution in [0.4, 0.5) is 4.79 Å². The summed E-state index contributed by atoms with van der Waals surface area (Å²) in [5.41, 5.74) is 6.79. The van der Waals surface area contributed by atoms with Crippen LogP contribution in [0.1, 0.15) is 31.7 Å². The van der Waals surface area contributed by atoms with Gasteiger partial charge < -0.3 is 20.1 Å². The Balaban J connectivity index is 1.57. The number of carbonyl (C=O) groups excluding carboxylic acids is 2. The van der Waals surface area contributed by atoms with Gasteiger partial charge in [-0.15, -0.1) is 0 Å². The molecule has 2 rings (SSSR count). The summed E-state index contributed by atoms with van der Waals surface area (Å²) >= 11 is 1.69. The first kappa shape index (κ1) is 21.6. The van der Waals surface area contributed by atoms with E-state index in [1.165, 1.54) is 0 Å². The first-order valence-electron chi connectivity index (χ1n) is 9.55. The number of likely N-dealkylation sites (tertiary alicyclic amines) is 1. The van der Waals surface area contributed by atoms with E-state index in [0.29, 0.717) is 24.9 Å². The lowest BCUT2D eigenvalue weighted by Gasteiger charge is -2.31. The first-order valence-corrected chi connectivity index (χ1v) is 10.7. The van der Waals surface area contributed by atoms with Crippen LogP contribution >= 0.6 is 11.8 Å². The smallest absolute Gasteiger partial charge is 0.410 e. The Bertz CT molecular complexity index is 577. The number of rotatable bonds is 9. The minimum Gasteiger partial charge on any atom is -0.465 e. The van der Waals surface area contributed by atoms with Crippen LogP contribution < -0.4 is 5.73 Å². The molecular weight excluding hydrogens is 364 g/mol. The van der Waals surface area contributed by atoms with Crippen molar-refractivity contribution in [2.75, 3.05) is 31.2 Å². The van der Waals surface area contributed by atoms with Crippen molar-refractivity contribution in [1.82, 2.24) is 4.90 Å². The van der Waals surface area contributed by atoms with Gasteiger partial charge in [0.05, 0.1) is 6.61 Å². The molecule has 1 fully saturated rings. The lowest BCUT2D eigenvalue weighted by Crippen LogP contribution is -2.39. The minimum absolute atomic E-state index is 0.230. The fourth-order valence-corrected chi connectivity index (χ4v) is 4.05. The standard InChI is InChI=1S/C20H30N2O4S/c1-2-25-19(23)18(21)15-27-13-10-16-8-11-22(12-9-16)20(24)26-14-17-6-4-3-5-7-17/h3-7,16,18H,2,8-15,21H2,1H3/t18-/m0/s1. The summed E-state index contributed by atoms with van der Waals surface area (Å²) < 4.78 is 10.3. The van der Waals surface area contributed by atoms with Crippen LogP contribution in [0.25, 0.3) is 0 Å². The predicted octanol–water partition coefficient (Wildman–Crippen LogP) is 3.05. The van der Waals surface area contributed by atoms with Crippen molar-refractivity contribution < 1.29 is 19.1 Å². The van der Waals surface area contributed by atoms with Crippen LogP contribution in [0.5, 0.6) is 0 Å². The molecule has 0 aromatic heterocycles. The van der Waals surface area contributed by atoms with E-state index in [9.17, 15) is 9.59 Å². The van der Waals surface area contributed by atoms with E-state index in [1.54, 1.807) is 23.6 Å². The molecule has 1 saturated heterocycles. The zero-order valence-electron chi connectivity index (χ0n) is 16.0. The van der Waals surface area contributed by atoms with Crippen LogP contribution in [0.2, 0.25) is 0 Å². The van der Waals surface area contributed by atoms with Gasteiger partial charge in [-0.3, -0.25) is 4.79 Å². The second kappa shape index (κ2) is 11.9. The number of thioether (sulfide) groups is 1. The van der Waals surface area contributed by atoms with Gasteiger partial charge >= 0.3 is 12.1 Å². The van der Waals surface area contributed by atoms with Crippen molar-refractivity contribution in [1.29, 1.82) is 0 Å². The Hall–Kier alpha value is -1.73. The van der Waals surface area contributed by atoms with E-state index >= 15 is 0 Å². The van der Waals surface area contributed by atoms with Gasteiger partial charge in [0.1, 0.15) is 12.6 Å². The Morgan fingerprint density at radius 1 is 1.22 bits per heavy atom. The molecule has 0 saturated carbocycles. The third-order valence-electron chi connectivity index (χ3n) is 4.64. The topological polar surface area (TPSA) is 81.9 Å². The fourth-order valence-electron chi connectivity index (χ4n) is 2.99. The summed E-state index contributed by atoms with van der Waals surface area (Å²) in [6.07, 6.45) is 2.83. The number of hydrogen-bond acceptors (Lipinski definition) is 6. The van der Waals surface area contributed by atoms with Crippen LogP contribution in [0.15, 0.2) is 30.3 Å². The highest BCUT2D eigenvalue weighted by Gasteiger charge is 2.23. The maximum Gasteiger partial charge on any atom is 0.410 e. The molecule has 0 spiro atoms. The summed E-state index contributed by atoms with van der Waals surface area (Å²) in [5.74, 6) is 1.83. The summed E-state index contributed by atoms with van der Waals surface area (Å²) in [7, 11) is 0. The minimum atomic E-state index is -0.545. The van der Waals surface area contributed by atoms with Gasteiger partial charge in [-0.05, 0) is 43.4 Å². The van der Waals surface area contributed by atoms with Crippen LogP contribution in [0, 0.1) is 5.92 Å². The predicted molar refractivity (Wildman–Crippen MR) is 107 cm³/mol. The summed E-state index contributed by atoms with van der Waals surface area (Å²) in [6, 6.07) is 9.17. The third-order valence-corrected chi connectivity index (χ3v) is 5.75. The van der Waals surface area contributed by atoms with E-state index in [-0.39, 0.29) is 12.1 Å². The van der Waals surface area contributed by atoms with Gasteiger partial charge in [0, 0.05) is 18.8 Å². The zero-order chi connectivity index (χ0) is 19.5. The van der Waals surface area contributed by atoms with Crippen molar-refractivity contribution in [3.8, 4) is 0 Å².